The van der Waals surface area contributed by atoms with E-state index in [4.69, 9.17) is 9.97 Å². The van der Waals surface area contributed by atoms with Crippen molar-refractivity contribution in [1.82, 2.24) is 29.4 Å². The number of para-hydroxylation sites is 1. The van der Waals surface area contributed by atoms with Crippen LogP contribution in [0.2, 0.25) is 0 Å². The van der Waals surface area contributed by atoms with Crippen LogP contribution in [-0.4, -0.2) is 36.0 Å². The third-order valence-electron chi connectivity index (χ3n) is 6.22. The third-order valence-corrected chi connectivity index (χ3v) is 7.12. The quantitative estimate of drug-likeness (QED) is 0.346. The minimum Gasteiger partial charge on any atom is -0.349 e. The van der Waals surface area contributed by atoms with Gasteiger partial charge in [0, 0.05) is 24.5 Å². The van der Waals surface area contributed by atoms with Crippen LogP contribution in [0.1, 0.15) is 55.7 Å². The Kier molecular flexibility index (Phi) is 6.46. The number of carbonyl (C=O) groups is 1. The van der Waals surface area contributed by atoms with E-state index in [9.17, 15) is 14.4 Å². The molecule has 0 spiro atoms. The first-order chi connectivity index (χ1) is 17.0. The average Bonchev–Trinajstić information content (AvgIpc) is 3.59. The number of carbonyl (C=O) groups excluding carboxylic acids is 1. The Bertz CT molecular complexity index is 1530. The molecular formula is C25H28N6O3S. The molecule has 1 aliphatic rings. The van der Waals surface area contributed by atoms with E-state index < -0.39 is 11.2 Å². The molecule has 1 fully saturated rings. The summed E-state index contributed by atoms with van der Waals surface area (Å²) in [7, 11) is 0. The van der Waals surface area contributed by atoms with E-state index in [1.165, 1.54) is 11.8 Å². The molecule has 4 aromatic rings. The van der Waals surface area contributed by atoms with E-state index in [1.54, 1.807) is 4.57 Å². The van der Waals surface area contributed by atoms with Gasteiger partial charge in [0.1, 0.15) is 5.82 Å². The number of H-pyrrole nitrogens is 1. The Hall–Kier alpha value is -3.40. The number of hydrogen-bond donors (Lipinski definition) is 2. The van der Waals surface area contributed by atoms with Crippen LogP contribution < -0.4 is 16.6 Å². The van der Waals surface area contributed by atoms with Gasteiger partial charge in [-0.2, -0.15) is 0 Å². The lowest BCUT2D eigenvalue weighted by Gasteiger charge is -2.10. The van der Waals surface area contributed by atoms with Gasteiger partial charge < -0.3 is 9.88 Å². The summed E-state index contributed by atoms with van der Waals surface area (Å²) in [5.41, 5.74) is 1.34. The van der Waals surface area contributed by atoms with E-state index in [1.807, 2.05) is 41.8 Å². The number of rotatable bonds is 9. The summed E-state index contributed by atoms with van der Waals surface area (Å²) >= 11 is 1.46. The number of aromatic amines is 1. The molecule has 9 nitrogen and oxygen atoms in total. The van der Waals surface area contributed by atoms with Crippen molar-refractivity contribution < 1.29 is 4.79 Å². The van der Waals surface area contributed by atoms with Gasteiger partial charge in [0.2, 0.25) is 0 Å². The molecule has 1 saturated carbocycles. The number of fused-ring (bicyclic) bond motifs is 2. The molecule has 3 aromatic heterocycles. The van der Waals surface area contributed by atoms with Gasteiger partial charge in [-0.1, -0.05) is 43.3 Å². The van der Waals surface area contributed by atoms with Gasteiger partial charge in [-0.05, 0) is 38.3 Å². The highest BCUT2D eigenvalue weighted by molar-refractivity contribution is 7.98. The number of pyridine rings is 1. The van der Waals surface area contributed by atoms with E-state index in [0.29, 0.717) is 46.4 Å². The SMILES string of the molecule is CCCCn1c(=O)[nH]c(=O)c2c1nc(CSc1cc(C(=O)NC3CC3)c3ccccc3n1)n2CC. The summed E-state index contributed by atoms with van der Waals surface area (Å²) in [5, 5.41) is 4.60. The lowest BCUT2D eigenvalue weighted by atomic mass is 10.1. The molecule has 1 amide bonds. The maximum Gasteiger partial charge on any atom is 0.330 e. The fourth-order valence-corrected chi connectivity index (χ4v) is 5.10. The molecule has 0 aliphatic heterocycles. The molecule has 182 valence electrons. The monoisotopic (exact) mass is 492 g/mol. The normalized spacial score (nSPS) is 13.5. The predicted octanol–water partition coefficient (Wildman–Crippen LogP) is 3.44. The molecule has 1 aliphatic carbocycles. The van der Waals surface area contributed by atoms with Crippen LogP contribution in [0.4, 0.5) is 0 Å². The minimum atomic E-state index is -0.432. The standard InChI is InChI=1S/C25H28N6O3S/c1-3-5-12-31-22-21(24(33)29-25(31)34)30(4-2)19(28-22)14-35-20-13-17(23(32)26-15-10-11-15)16-8-6-7-9-18(16)27-20/h6-9,13,15H,3-5,10-12,14H2,1-2H3,(H,26,32)(H,29,33,34). The van der Waals surface area contributed by atoms with E-state index in [0.717, 1.165) is 36.6 Å². The van der Waals surface area contributed by atoms with Crippen molar-refractivity contribution in [2.24, 2.45) is 0 Å². The molecule has 0 bridgehead atoms. The number of imidazole rings is 1. The van der Waals surface area contributed by atoms with Gasteiger partial charge in [0.25, 0.3) is 11.5 Å². The van der Waals surface area contributed by atoms with E-state index >= 15 is 0 Å². The van der Waals surface area contributed by atoms with Crippen LogP contribution in [0.25, 0.3) is 22.1 Å². The summed E-state index contributed by atoms with van der Waals surface area (Å²) < 4.78 is 3.40. The van der Waals surface area contributed by atoms with Crippen molar-refractivity contribution in [3.05, 3.63) is 62.6 Å². The third kappa shape index (κ3) is 4.62. The van der Waals surface area contributed by atoms with Gasteiger partial charge in [-0.3, -0.25) is 19.1 Å². The highest BCUT2D eigenvalue weighted by Crippen LogP contribution is 2.28. The summed E-state index contributed by atoms with van der Waals surface area (Å²) in [6.07, 6.45) is 3.78. The Balaban J connectivity index is 1.51. The van der Waals surface area contributed by atoms with Crippen molar-refractivity contribution in [1.29, 1.82) is 0 Å². The second-order valence-corrected chi connectivity index (χ2v) is 9.77. The zero-order valence-electron chi connectivity index (χ0n) is 19.8. The molecule has 1 aromatic carbocycles. The van der Waals surface area contributed by atoms with Crippen molar-refractivity contribution in [3.63, 3.8) is 0 Å². The van der Waals surface area contributed by atoms with E-state index in [2.05, 4.69) is 17.2 Å². The first-order valence-electron chi connectivity index (χ1n) is 12.1. The van der Waals surface area contributed by atoms with Crippen LogP contribution in [-0.2, 0) is 18.8 Å². The molecule has 35 heavy (non-hydrogen) atoms. The van der Waals surface area contributed by atoms with Crippen molar-refractivity contribution in [3.8, 4) is 0 Å². The molecule has 5 rings (SSSR count). The number of nitrogens with zero attached hydrogens (tertiary/aromatic N) is 4. The number of aryl methyl sites for hydroxylation is 2. The summed E-state index contributed by atoms with van der Waals surface area (Å²) in [6.45, 7) is 5.05. The van der Waals surface area contributed by atoms with Crippen molar-refractivity contribution >= 4 is 39.7 Å². The van der Waals surface area contributed by atoms with Gasteiger partial charge in [-0.15, -0.1) is 0 Å². The fraction of sp³-hybridized carbons (Fsp3) is 0.400. The van der Waals surface area contributed by atoms with Crippen LogP contribution >= 0.6 is 11.8 Å². The van der Waals surface area contributed by atoms with Crippen LogP contribution in [0.15, 0.2) is 44.9 Å². The molecule has 0 radical (unpaired) electrons. The predicted molar refractivity (Wildman–Crippen MR) is 137 cm³/mol. The first kappa shape index (κ1) is 23.3. The minimum absolute atomic E-state index is 0.0831. The smallest absolute Gasteiger partial charge is 0.330 e. The Morgan fingerprint density at radius 2 is 1.97 bits per heavy atom. The highest BCUT2D eigenvalue weighted by Gasteiger charge is 2.25. The van der Waals surface area contributed by atoms with Crippen LogP contribution in [0.5, 0.6) is 0 Å². The number of hydrogen-bond acceptors (Lipinski definition) is 6. The van der Waals surface area contributed by atoms with Crippen LogP contribution in [0, 0.1) is 0 Å². The Morgan fingerprint density at radius 3 is 2.71 bits per heavy atom. The maximum absolute atomic E-state index is 12.9. The number of amides is 1. The van der Waals surface area contributed by atoms with Gasteiger partial charge in [-0.25, -0.2) is 14.8 Å². The number of benzene rings is 1. The molecule has 10 heteroatoms. The second kappa shape index (κ2) is 9.69. The largest absolute Gasteiger partial charge is 0.349 e. The molecule has 0 atom stereocenters. The van der Waals surface area contributed by atoms with Gasteiger partial charge >= 0.3 is 5.69 Å². The topological polar surface area (TPSA) is 115 Å². The zero-order valence-corrected chi connectivity index (χ0v) is 20.7. The number of aromatic nitrogens is 5. The van der Waals surface area contributed by atoms with Crippen molar-refractivity contribution in [2.75, 3.05) is 0 Å². The molecular weight excluding hydrogens is 464 g/mol. The Labute approximate surface area is 206 Å². The summed E-state index contributed by atoms with van der Waals surface area (Å²) in [5.74, 6) is 1.05. The number of thioether (sulfide) groups is 1. The van der Waals surface area contributed by atoms with Crippen molar-refractivity contribution in [2.45, 2.75) is 69.4 Å². The molecule has 0 saturated heterocycles. The summed E-state index contributed by atoms with van der Waals surface area (Å²) in [4.78, 5) is 49.9. The maximum atomic E-state index is 12.9. The molecule has 2 N–H and O–H groups in total. The highest BCUT2D eigenvalue weighted by atomic mass is 32.2. The fourth-order valence-electron chi connectivity index (χ4n) is 4.23. The number of unbranched alkanes of at least 4 members (excludes halogenated alkanes) is 1. The summed E-state index contributed by atoms with van der Waals surface area (Å²) in [6, 6.07) is 9.72. The lowest BCUT2D eigenvalue weighted by molar-refractivity contribution is 0.0952. The van der Waals surface area contributed by atoms with E-state index in [-0.39, 0.29) is 11.9 Å². The number of nitrogens with one attached hydrogen (secondary N) is 2. The molecule has 0 unspecified atom stereocenters. The second-order valence-electron chi connectivity index (χ2n) is 8.77. The zero-order chi connectivity index (χ0) is 24.5. The first-order valence-corrected chi connectivity index (χ1v) is 13.0. The van der Waals surface area contributed by atoms with Gasteiger partial charge in [0.15, 0.2) is 11.2 Å². The molecule has 3 heterocycles. The lowest BCUT2D eigenvalue weighted by Crippen LogP contribution is -2.31. The average molecular weight is 493 g/mol. The van der Waals surface area contributed by atoms with Crippen LogP contribution in [0.3, 0.4) is 0 Å². The Morgan fingerprint density at radius 1 is 1.17 bits per heavy atom. The van der Waals surface area contributed by atoms with Gasteiger partial charge in [0.05, 0.1) is 21.9 Å².